The first-order chi connectivity index (χ1) is 14.1. The van der Waals surface area contributed by atoms with E-state index >= 15 is 0 Å². The van der Waals surface area contributed by atoms with Crippen molar-refractivity contribution in [2.75, 3.05) is 16.8 Å². The summed E-state index contributed by atoms with van der Waals surface area (Å²) in [7, 11) is 0. The lowest BCUT2D eigenvalue weighted by Crippen LogP contribution is -2.31. The second-order valence-corrected chi connectivity index (χ2v) is 7.61. The molecule has 29 heavy (non-hydrogen) atoms. The Bertz CT molecular complexity index is 972. The van der Waals surface area contributed by atoms with E-state index in [2.05, 4.69) is 52.5 Å². The topological polar surface area (TPSA) is 61.3 Å². The Morgan fingerprint density at radius 1 is 1.07 bits per heavy atom. The van der Waals surface area contributed by atoms with Gasteiger partial charge in [-0.15, -0.1) is 0 Å². The summed E-state index contributed by atoms with van der Waals surface area (Å²) < 4.78 is 0. The van der Waals surface area contributed by atoms with Crippen LogP contribution in [0.1, 0.15) is 47.9 Å². The van der Waals surface area contributed by atoms with Gasteiger partial charge >= 0.3 is 0 Å². The lowest BCUT2D eigenvalue weighted by Gasteiger charge is -2.30. The van der Waals surface area contributed by atoms with Crippen LogP contribution in [0.15, 0.2) is 54.6 Å². The fraction of sp³-hybridized carbons (Fsp3) is 0.333. The second kappa shape index (κ2) is 8.62. The number of benzene rings is 2. The molecule has 0 bridgehead atoms. The molecule has 5 heteroatoms. The molecule has 5 nitrogen and oxygen atoms in total. The maximum absolute atomic E-state index is 9.84. The Labute approximate surface area is 172 Å². The molecule has 0 saturated heterocycles. The zero-order chi connectivity index (χ0) is 20.2. The molecule has 2 heterocycles. The van der Waals surface area contributed by atoms with E-state index in [-0.39, 0.29) is 0 Å². The quantitative estimate of drug-likeness (QED) is 0.660. The maximum atomic E-state index is 9.84. The number of aromatic nitrogens is 2. The van der Waals surface area contributed by atoms with Gasteiger partial charge in [0.15, 0.2) is 0 Å². The molecular weight excluding hydrogens is 360 g/mol. The number of anilines is 2. The van der Waals surface area contributed by atoms with Crippen LogP contribution in [0.3, 0.4) is 0 Å². The number of nitrogens with one attached hydrogen (secondary N) is 1. The SMILES string of the molecule is CCc1cc(N2CCc3cc([C@H](C)O)ccc3C2)nc(NCc2ccccc2)n1. The Morgan fingerprint density at radius 2 is 1.90 bits per heavy atom. The lowest BCUT2D eigenvalue weighted by atomic mass is 9.96. The van der Waals surface area contributed by atoms with Crippen molar-refractivity contribution in [1.29, 1.82) is 0 Å². The van der Waals surface area contributed by atoms with Crippen LogP contribution in [0.2, 0.25) is 0 Å². The van der Waals surface area contributed by atoms with Gasteiger partial charge in [0.25, 0.3) is 0 Å². The minimum atomic E-state index is -0.425. The van der Waals surface area contributed by atoms with E-state index in [1.165, 1.54) is 16.7 Å². The van der Waals surface area contributed by atoms with Gasteiger partial charge in [-0.3, -0.25) is 0 Å². The summed E-state index contributed by atoms with van der Waals surface area (Å²) in [5, 5.41) is 13.2. The van der Waals surface area contributed by atoms with Gasteiger partial charge in [0.2, 0.25) is 5.95 Å². The first kappa shape index (κ1) is 19.4. The molecule has 1 atom stereocenters. The molecule has 0 aliphatic carbocycles. The largest absolute Gasteiger partial charge is 0.389 e. The van der Waals surface area contributed by atoms with E-state index < -0.39 is 6.10 Å². The van der Waals surface area contributed by atoms with Crippen molar-refractivity contribution in [1.82, 2.24) is 9.97 Å². The fourth-order valence-corrected chi connectivity index (χ4v) is 3.71. The third kappa shape index (κ3) is 4.57. The van der Waals surface area contributed by atoms with Crippen LogP contribution in [-0.2, 0) is 25.9 Å². The van der Waals surface area contributed by atoms with E-state index in [1.807, 2.05) is 31.2 Å². The van der Waals surface area contributed by atoms with Crippen molar-refractivity contribution in [3.05, 3.63) is 82.5 Å². The molecule has 2 N–H and O–H groups in total. The standard InChI is InChI=1S/C24H28N4O/c1-3-22-14-23(27-24(26-22)25-15-18-7-5-4-6-8-18)28-12-11-20-13-19(17(2)29)9-10-21(20)16-28/h4-10,13-14,17,29H,3,11-12,15-16H2,1-2H3,(H,25,26,27)/t17-/m0/s1. The molecule has 150 valence electrons. The highest BCUT2D eigenvalue weighted by molar-refractivity contribution is 5.49. The van der Waals surface area contributed by atoms with Gasteiger partial charge in [0.05, 0.1) is 6.10 Å². The van der Waals surface area contributed by atoms with Crippen LogP contribution in [0.5, 0.6) is 0 Å². The highest BCUT2D eigenvalue weighted by atomic mass is 16.3. The average Bonchev–Trinajstić information content (AvgIpc) is 2.77. The van der Waals surface area contributed by atoms with Gasteiger partial charge in [0, 0.05) is 31.4 Å². The first-order valence-corrected chi connectivity index (χ1v) is 10.3. The third-order valence-electron chi connectivity index (χ3n) is 5.47. The van der Waals surface area contributed by atoms with Crippen LogP contribution in [-0.4, -0.2) is 21.6 Å². The van der Waals surface area contributed by atoms with Crippen LogP contribution in [0, 0.1) is 0 Å². The van der Waals surface area contributed by atoms with Gasteiger partial charge in [0.1, 0.15) is 5.82 Å². The van der Waals surface area contributed by atoms with E-state index in [1.54, 1.807) is 0 Å². The Morgan fingerprint density at radius 3 is 2.66 bits per heavy atom. The van der Waals surface area contributed by atoms with E-state index in [9.17, 15) is 5.11 Å². The summed E-state index contributed by atoms with van der Waals surface area (Å²) in [5.74, 6) is 1.65. The fourth-order valence-electron chi connectivity index (χ4n) is 3.71. The van der Waals surface area contributed by atoms with E-state index in [0.29, 0.717) is 12.5 Å². The van der Waals surface area contributed by atoms with Crippen LogP contribution in [0.4, 0.5) is 11.8 Å². The van der Waals surface area contributed by atoms with E-state index in [4.69, 9.17) is 4.98 Å². The number of aliphatic hydroxyl groups is 1. The summed E-state index contributed by atoms with van der Waals surface area (Å²) >= 11 is 0. The van der Waals surface area contributed by atoms with Crippen LogP contribution >= 0.6 is 0 Å². The summed E-state index contributed by atoms with van der Waals surface area (Å²) in [6.07, 6.45) is 1.40. The summed E-state index contributed by atoms with van der Waals surface area (Å²) in [6, 6.07) is 18.7. The monoisotopic (exact) mass is 388 g/mol. The predicted octanol–water partition coefficient (Wildman–Crippen LogP) is 4.27. The molecule has 1 aromatic heterocycles. The number of rotatable bonds is 6. The number of aryl methyl sites for hydroxylation is 1. The summed E-state index contributed by atoms with van der Waals surface area (Å²) in [4.78, 5) is 11.8. The smallest absolute Gasteiger partial charge is 0.225 e. The zero-order valence-corrected chi connectivity index (χ0v) is 17.1. The number of hydrogen-bond acceptors (Lipinski definition) is 5. The van der Waals surface area contributed by atoms with Crippen molar-refractivity contribution in [3.8, 4) is 0 Å². The third-order valence-corrected chi connectivity index (χ3v) is 5.47. The van der Waals surface area contributed by atoms with Crippen molar-refractivity contribution in [2.24, 2.45) is 0 Å². The molecule has 0 spiro atoms. The van der Waals surface area contributed by atoms with Crippen molar-refractivity contribution in [2.45, 2.75) is 45.9 Å². The highest BCUT2D eigenvalue weighted by Gasteiger charge is 2.19. The van der Waals surface area contributed by atoms with E-state index in [0.717, 1.165) is 43.0 Å². The molecule has 0 unspecified atom stereocenters. The Kier molecular flexibility index (Phi) is 5.76. The van der Waals surface area contributed by atoms with Crippen molar-refractivity contribution < 1.29 is 5.11 Å². The molecule has 0 amide bonds. The predicted molar refractivity (Wildman–Crippen MR) is 117 cm³/mol. The van der Waals surface area contributed by atoms with Gasteiger partial charge in [-0.2, -0.15) is 4.98 Å². The molecule has 2 aromatic carbocycles. The summed E-state index contributed by atoms with van der Waals surface area (Å²) in [5.41, 5.74) is 5.86. The number of aliphatic hydroxyl groups excluding tert-OH is 1. The van der Waals surface area contributed by atoms with Crippen LogP contribution in [0.25, 0.3) is 0 Å². The molecule has 0 radical (unpaired) electrons. The molecule has 1 aliphatic heterocycles. The van der Waals surface area contributed by atoms with Crippen LogP contribution < -0.4 is 10.2 Å². The normalized spacial score (nSPS) is 14.4. The molecule has 4 rings (SSSR count). The maximum Gasteiger partial charge on any atom is 0.225 e. The molecule has 0 saturated carbocycles. The number of hydrogen-bond donors (Lipinski definition) is 2. The van der Waals surface area contributed by atoms with Gasteiger partial charge in [-0.25, -0.2) is 4.98 Å². The van der Waals surface area contributed by atoms with Gasteiger partial charge in [-0.05, 0) is 42.0 Å². The molecule has 0 fully saturated rings. The average molecular weight is 389 g/mol. The molecule has 1 aliphatic rings. The zero-order valence-electron chi connectivity index (χ0n) is 17.1. The van der Waals surface area contributed by atoms with Gasteiger partial charge < -0.3 is 15.3 Å². The molecule has 3 aromatic rings. The second-order valence-electron chi connectivity index (χ2n) is 7.61. The van der Waals surface area contributed by atoms with Crippen molar-refractivity contribution >= 4 is 11.8 Å². The summed E-state index contributed by atoms with van der Waals surface area (Å²) in [6.45, 7) is 6.38. The molecular formula is C24H28N4O. The lowest BCUT2D eigenvalue weighted by molar-refractivity contribution is 0.199. The number of nitrogens with zero attached hydrogens (tertiary/aromatic N) is 3. The highest BCUT2D eigenvalue weighted by Crippen LogP contribution is 2.27. The minimum absolute atomic E-state index is 0.425. The van der Waals surface area contributed by atoms with Crippen molar-refractivity contribution in [3.63, 3.8) is 0 Å². The number of fused-ring (bicyclic) bond motifs is 1. The first-order valence-electron chi connectivity index (χ1n) is 10.3. The Balaban J connectivity index is 1.53. The Hall–Kier alpha value is -2.92. The van der Waals surface area contributed by atoms with Gasteiger partial charge in [-0.1, -0.05) is 55.5 Å². The minimum Gasteiger partial charge on any atom is -0.389 e.